The van der Waals surface area contributed by atoms with Gasteiger partial charge in [-0.3, -0.25) is 19.2 Å². The number of aryl methyl sites for hydroxylation is 1. The lowest BCUT2D eigenvalue weighted by atomic mass is 9.85. The maximum absolute atomic E-state index is 14.2. The Morgan fingerprint density at radius 2 is 1.59 bits per heavy atom. The molecule has 0 radical (unpaired) electrons. The Balaban J connectivity index is 0.793. The minimum Gasteiger partial charge on any atom is -0.507 e. The maximum atomic E-state index is 14.2. The van der Waals surface area contributed by atoms with E-state index in [0.29, 0.717) is 49.7 Å². The molecule has 0 saturated carbocycles. The number of aliphatic hydroxyl groups excluding tert-OH is 1. The van der Waals surface area contributed by atoms with E-state index in [0.717, 1.165) is 52.5 Å². The number of hydrogen-bond acceptors (Lipinski definition) is 14. The lowest BCUT2D eigenvalue weighted by Crippen LogP contribution is -2.58. The van der Waals surface area contributed by atoms with Crippen LogP contribution in [0.4, 0.5) is 17.2 Å². The van der Waals surface area contributed by atoms with Crippen molar-refractivity contribution >= 4 is 52.2 Å². The Labute approximate surface area is 413 Å². The lowest BCUT2D eigenvalue weighted by Gasteiger charge is -2.37. The first-order valence-electron chi connectivity index (χ1n) is 24.1. The molecule has 5 atom stereocenters. The lowest BCUT2D eigenvalue weighted by molar-refractivity contribution is -0.144. The first-order valence-corrected chi connectivity index (χ1v) is 24.9. The van der Waals surface area contributed by atoms with Gasteiger partial charge in [0.2, 0.25) is 23.6 Å². The monoisotopic (exact) mass is 972 g/mol. The number of aromatic nitrogens is 3. The summed E-state index contributed by atoms with van der Waals surface area (Å²) in [6.07, 6.45) is 0.733. The zero-order chi connectivity index (χ0) is 49.7. The number of nitrogens with zero attached hydrogens (tertiary/aromatic N) is 7. The van der Waals surface area contributed by atoms with E-state index < -0.39 is 35.4 Å². The van der Waals surface area contributed by atoms with Gasteiger partial charge in [-0.1, -0.05) is 57.2 Å². The molecule has 18 heteroatoms. The quantitative estimate of drug-likeness (QED) is 0.0902. The molecule has 0 bridgehead atoms. The van der Waals surface area contributed by atoms with Crippen molar-refractivity contribution in [1.29, 1.82) is 0 Å². The van der Waals surface area contributed by atoms with E-state index in [2.05, 4.69) is 59.9 Å². The molecule has 2 aromatic heterocycles. The third-order valence-electron chi connectivity index (χ3n) is 13.5. The van der Waals surface area contributed by atoms with Gasteiger partial charge in [0, 0.05) is 81.5 Å². The number of phenolic OH excluding ortho intramolecular Hbond substituents is 1. The highest BCUT2D eigenvalue weighted by molar-refractivity contribution is 7.13. The number of likely N-dealkylation sites (tertiary alicyclic amines) is 1. The molecular weight excluding hydrogens is 909 g/mol. The predicted octanol–water partition coefficient (Wildman–Crippen LogP) is 5.71. The highest BCUT2D eigenvalue weighted by Gasteiger charge is 2.45. The van der Waals surface area contributed by atoms with Crippen LogP contribution in [-0.4, -0.2) is 129 Å². The first kappa shape index (κ1) is 49.6. The van der Waals surface area contributed by atoms with Crippen LogP contribution in [0.1, 0.15) is 77.1 Å². The van der Waals surface area contributed by atoms with Crippen LogP contribution in [0.25, 0.3) is 21.7 Å². The number of phenols is 1. The average molecular weight is 973 g/mol. The Bertz CT molecular complexity index is 2650. The molecule has 3 aromatic carbocycles. The minimum absolute atomic E-state index is 0.00960. The normalized spacial score (nSPS) is 19.4. The summed E-state index contributed by atoms with van der Waals surface area (Å²) in [6, 6.07) is 22.7. The number of β-amino-alcohol motifs (C(OH)–C–C–N with tert-alkyl or cyclic N) is 1. The molecule has 4 amide bonds. The number of carbonyl (C=O) groups excluding carboxylic acids is 4. The molecule has 3 saturated heterocycles. The standard InChI is InChI=1S/C52H64N10O7S/c1-32(34-12-14-35(15-13-34)47-33(2)54-31-70-47)55-50(67)42-27-38(63)29-62(42)51(68)48(52(3,4)5)56-45(65)20-21-46(66)60-25-23-59(24-26-60)36-16-18-37(19-17-36)61-22-8-9-39(30-61)69-44-28-41(57-58-49(44)53)40-10-6-7-11-43(40)64/h6-7,10-19,28,31-32,38-39,42,48,63-64H,8-9,20-27,29-30H2,1-5H3,(H2,53,58)(H,55,67)(H,56,65)/t32-,38+,39?,42-,48+/m0/s1. The van der Waals surface area contributed by atoms with Crippen LogP contribution < -0.4 is 30.9 Å². The summed E-state index contributed by atoms with van der Waals surface area (Å²) >= 11 is 1.57. The van der Waals surface area contributed by atoms with Crippen molar-refractivity contribution in [3.8, 4) is 33.2 Å². The van der Waals surface area contributed by atoms with Crippen molar-refractivity contribution in [1.82, 2.24) is 35.6 Å². The van der Waals surface area contributed by atoms with E-state index in [-0.39, 0.29) is 61.3 Å². The first-order chi connectivity index (χ1) is 33.5. The van der Waals surface area contributed by atoms with Crippen molar-refractivity contribution in [2.75, 3.05) is 61.3 Å². The zero-order valence-corrected chi connectivity index (χ0v) is 41.3. The number of piperazine rings is 1. The van der Waals surface area contributed by atoms with Gasteiger partial charge in [0.15, 0.2) is 11.6 Å². The van der Waals surface area contributed by atoms with Gasteiger partial charge in [0.1, 0.15) is 29.6 Å². The van der Waals surface area contributed by atoms with Gasteiger partial charge in [-0.15, -0.1) is 21.5 Å². The summed E-state index contributed by atoms with van der Waals surface area (Å²) < 4.78 is 6.37. The van der Waals surface area contributed by atoms with Crippen LogP contribution in [-0.2, 0) is 19.2 Å². The van der Waals surface area contributed by atoms with Gasteiger partial charge in [-0.2, -0.15) is 0 Å². The molecule has 0 spiro atoms. The number of nitrogen functional groups attached to an aromatic ring is 1. The Hall–Kier alpha value is -6.79. The number of anilines is 3. The van der Waals surface area contributed by atoms with Crippen LogP contribution in [0.2, 0.25) is 0 Å². The van der Waals surface area contributed by atoms with E-state index in [1.165, 1.54) is 4.90 Å². The van der Waals surface area contributed by atoms with Gasteiger partial charge in [0.05, 0.1) is 34.8 Å². The third-order valence-corrected chi connectivity index (χ3v) is 14.5. The number of hydrogen-bond donors (Lipinski definition) is 5. The number of carbonyl (C=O) groups is 4. The summed E-state index contributed by atoms with van der Waals surface area (Å²) in [5.41, 5.74) is 13.3. The number of amides is 4. The number of para-hydroxylation sites is 1. The van der Waals surface area contributed by atoms with Gasteiger partial charge in [0.25, 0.3) is 0 Å². The Kier molecular flexibility index (Phi) is 15.2. The summed E-state index contributed by atoms with van der Waals surface area (Å²) in [5.74, 6) is -0.680. The second kappa shape index (κ2) is 21.5. The van der Waals surface area contributed by atoms with Crippen LogP contribution in [0.15, 0.2) is 84.4 Å². The molecule has 8 rings (SSSR count). The van der Waals surface area contributed by atoms with Crippen molar-refractivity contribution in [2.45, 2.75) is 97.1 Å². The maximum Gasteiger partial charge on any atom is 0.246 e. The SMILES string of the molecule is Cc1ncsc1-c1ccc([C@H](C)NC(=O)[C@@H]2C[C@@H](O)CN2C(=O)[C@@H](NC(=O)CCC(=O)N2CCN(c3ccc(N4CCCC(Oc5cc(-c6ccccc6O)nnc5N)C4)cc3)CC2)C(C)(C)C)cc1. The minimum atomic E-state index is -0.995. The fraction of sp³-hybridized carbons (Fsp3) is 0.442. The number of aliphatic hydroxyl groups is 1. The van der Waals surface area contributed by atoms with E-state index in [9.17, 15) is 29.4 Å². The molecule has 3 aliphatic heterocycles. The van der Waals surface area contributed by atoms with Crippen LogP contribution in [0.3, 0.4) is 0 Å². The number of aromatic hydroxyl groups is 1. The largest absolute Gasteiger partial charge is 0.507 e. The summed E-state index contributed by atoms with van der Waals surface area (Å²) in [5, 5.41) is 35.2. The average Bonchev–Trinajstić information content (AvgIpc) is 3.98. The molecule has 6 N–H and O–H groups in total. The van der Waals surface area contributed by atoms with Gasteiger partial charge < -0.3 is 50.9 Å². The summed E-state index contributed by atoms with van der Waals surface area (Å²) in [7, 11) is 0. The van der Waals surface area contributed by atoms with Crippen LogP contribution in [0, 0.1) is 12.3 Å². The molecule has 3 fully saturated rings. The van der Waals surface area contributed by atoms with Crippen LogP contribution in [0.5, 0.6) is 11.5 Å². The highest BCUT2D eigenvalue weighted by atomic mass is 32.1. The number of nitrogens with two attached hydrogens (primary N) is 1. The van der Waals surface area contributed by atoms with Crippen molar-refractivity contribution in [3.63, 3.8) is 0 Å². The fourth-order valence-electron chi connectivity index (χ4n) is 9.46. The fourth-order valence-corrected chi connectivity index (χ4v) is 10.3. The van der Waals surface area contributed by atoms with Gasteiger partial charge in [-0.05, 0) is 79.6 Å². The number of thiazole rings is 1. The molecule has 0 aliphatic carbocycles. The molecule has 1 unspecified atom stereocenters. The van der Waals surface area contributed by atoms with Crippen LogP contribution >= 0.6 is 11.3 Å². The number of benzene rings is 3. The molecule has 17 nitrogen and oxygen atoms in total. The number of nitrogens with one attached hydrogen (secondary N) is 2. The summed E-state index contributed by atoms with van der Waals surface area (Å²) in [4.78, 5) is 67.9. The van der Waals surface area contributed by atoms with Gasteiger partial charge >= 0.3 is 0 Å². The smallest absolute Gasteiger partial charge is 0.246 e. The van der Waals surface area contributed by atoms with Crippen molar-refractivity contribution in [3.05, 3.63) is 95.6 Å². The molecular formula is C52H64N10O7S. The van der Waals surface area contributed by atoms with E-state index in [1.54, 1.807) is 40.5 Å². The molecule has 5 aromatic rings. The number of ether oxygens (including phenoxy) is 1. The van der Waals surface area contributed by atoms with E-state index in [4.69, 9.17) is 10.5 Å². The second-order valence-corrected chi connectivity index (χ2v) is 20.4. The third kappa shape index (κ3) is 11.6. The topological polar surface area (TPSA) is 220 Å². The highest BCUT2D eigenvalue weighted by Crippen LogP contribution is 2.34. The van der Waals surface area contributed by atoms with Gasteiger partial charge in [-0.25, -0.2) is 4.98 Å². The number of piperidine rings is 1. The molecule has 5 heterocycles. The second-order valence-electron chi connectivity index (χ2n) is 19.6. The Morgan fingerprint density at radius 1 is 0.886 bits per heavy atom. The summed E-state index contributed by atoms with van der Waals surface area (Å²) in [6.45, 7) is 13.1. The molecule has 70 heavy (non-hydrogen) atoms. The zero-order valence-electron chi connectivity index (χ0n) is 40.5. The number of rotatable bonds is 14. The van der Waals surface area contributed by atoms with E-state index >= 15 is 0 Å². The van der Waals surface area contributed by atoms with E-state index in [1.807, 2.05) is 70.5 Å². The van der Waals surface area contributed by atoms with Crippen molar-refractivity contribution in [2.24, 2.45) is 5.41 Å². The predicted molar refractivity (Wildman–Crippen MR) is 270 cm³/mol. The van der Waals surface area contributed by atoms with Crippen molar-refractivity contribution < 1.29 is 34.1 Å². The molecule has 370 valence electrons. The Morgan fingerprint density at radius 3 is 2.26 bits per heavy atom. The molecule has 3 aliphatic rings.